The van der Waals surface area contributed by atoms with Crippen LogP contribution < -0.4 is 0 Å². The van der Waals surface area contributed by atoms with Crippen molar-refractivity contribution in [3.63, 3.8) is 0 Å². The Morgan fingerprint density at radius 3 is 2.27 bits per heavy atom. The van der Waals surface area contributed by atoms with Gasteiger partial charge in [0.25, 0.3) is 0 Å². The Labute approximate surface area is 67.7 Å². The summed E-state index contributed by atoms with van der Waals surface area (Å²) in [4.78, 5) is 9.80. The summed E-state index contributed by atoms with van der Waals surface area (Å²) in [6.45, 7) is 0. The molecule has 11 heavy (non-hydrogen) atoms. The van der Waals surface area contributed by atoms with Crippen LogP contribution >= 0.6 is 0 Å². The van der Waals surface area contributed by atoms with Gasteiger partial charge < -0.3 is 0 Å². The summed E-state index contributed by atoms with van der Waals surface area (Å²) >= 11 is 0. The molecule has 0 aromatic carbocycles. The molecule has 0 aromatic rings. The Balaban J connectivity index is 2.30. The summed E-state index contributed by atoms with van der Waals surface area (Å²) < 4.78 is 0. The molecule has 0 atom stereocenters. The number of nitroso groups, excluding NO2 is 1. The molecule has 62 valence electrons. The third kappa shape index (κ3) is 3.30. The SMILES string of the molecule is O=N/C=C/C1CCCCCC1. The molecule has 0 spiro atoms. The quantitative estimate of drug-likeness (QED) is 0.442. The Morgan fingerprint density at radius 1 is 1.09 bits per heavy atom. The topological polar surface area (TPSA) is 29.4 Å². The van der Waals surface area contributed by atoms with Crippen molar-refractivity contribution in [2.75, 3.05) is 0 Å². The lowest BCUT2D eigenvalue weighted by atomic mass is 10.0. The Morgan fingerprint density at radius 2 is 1.73 bits per heavy atom. The Kier molecular flexibility index (Phi) is 3.87. The van der Waals surface area contributed by atoms with Crippen LogP contribution in [0.2, 0.25) is 0 Å². The fourth-order valence-corrected chi connectivity index (χ4v) is 1.66. The number of rotatable bonds is 2. The molecule has 0 bridgehead atoms. The predicted octanol–water partition coefficient (Wildman–Crippen LogP) is 3.24. The van der Waals surface area contributed by atoms with Crippen LogP contribution in [0.15, 0.2) is 17.5 Å². The molecular formula is C9H15NO. The van der Waals surface area contributed by atoms with Gasteiger partial charge in [0.05, 0.1) is 6.20 Å². The van der Waals surface area contributed by atoms with Gasteiger partial charge in [-0.05, 0) is 23.9 Å². The van der Waals surface area contributed by atoms with E-state index in [-0.39, 0.29) is 0 Å². The van der Waals surface area contributed by atoms with E-state index < -0.39 is 0 Å². The van der Waals surface area contributed by atoms with Crippen molar-refractivity contribution in [1.82, 2.24) is 0 Å². The molecule has 2 nitrogen and oxygen atoms in total. The third-order valence-corrected chi connectivity index (χ3v) is 2.32. The lowest BCUT2D eigenvalue weighted by Gasteiger charge is -2.05. The molecule has 0 heterocycles. The van der Waals surface area contributed by atoms with Gasteiger partial charge in [-0.3, -0.25) is 0 Å². The first-order valence-electron chi connectivity index (χ1n) is 4.42. The van der Waals surface area contributed by atoms with Gasteiger partial charge in [-0.15, -0.1) is 4.91 Å². The molecule has 1 saturated carbocycles. The molecule has 0 aliphatic heterocycles. The molecule has 0 saturated heterocycles. The molecule has 0 aromatic heterocycles. The van der Waals surface area contributed by atoms with Crippen molar-refractivity contribution in [3.8, 4) is 0 Å². The Bertz CT molecular complexity index is 134. The minimum Gasteiger partial charge on any atom is -0.145 e. The fourth-order valence-electron chi connectivity index (χ4n) is 1.66. The first-order chi connectivity index (χ1) is 5.43. The summed E-state index contributed by atoms with van der Waals surface area (Å²) in [5.41, 5.74) is 0. The van der Waals surface area contributed by atoms with Gasteiger partial charge in [-0.25, -0.2) is 0 Å². The van der Waals surface area contributed by atoms with E-state index >= 15 is 0 Å². The van der Waals surface area contributed by atoms with Crippen molar-refractivity contribution in [2.45, 2.75) is 38.5 Å². The second-order valence-corrected chi connectivity index (χ2v) is 3.20. The van der Waals surface area contributed by atoms with Crippen LogP contribution in [0.4, 0.5) is 0 Å². The molecule has 0 N–H and O–H groups in total. The molecule has 1 aliphatic rings. The molecule has 0 amide bonds. The maximum Gasteiger partial charge on any atom is 0.0677 e. The summed E-state index contributed by atoms with van der Waals surface area (Å²) in [7, 11) is 0. The molecule has 0 radical (unpaired) electrons. The number of nitrogens with zero attached hydrogens (tertiary/aromatic N) is 1. The van der Waals surface area contributed by atoms with E-state index in [2.05, 4.69) is 5.18 Å². The van der Waals surface area contributed by atoms with E-state index in [1.54, 1.807) is 0 Å². The first-order valence-corrected chi connectivity index (χ1v) is 4.42. The molecule has 0 unspecified atom stereocenters. The van der Waals surface area contributed by atoms with Crippen LogP contribution in [0.5, 0.6) is 0 Å². The van der Waals surface area contributed by atoms with Gasteiger partial charge in [0.2, 0.25) is 0 Å². The number of hydrogen-bond donors (Lipinski definition) is 0. The van der Waals surface area contributed by atoms with Crippen LogP contribution in [0, 0.1) is 10.8 Å². The minimum absolute atomic E-state index is 0.621. The van der Waals surface area contributed by atoms with E-state index in [1.165, 1.54) is 44.7 Å². The van der Waals surface area contributed by atoms with Crippen LogP contribution in [-0.2, 0) is 0 Å². The highest BCUT2D eigenvalue weighted by Crippen LogP contribution is 2.23. The second kappa shape index (κ2) is 5.05. The van der Waals surface area contributed by atoms with Crippen molar-refractivity contribution in [2.24, 2.45) is 11.1 Å². The van der Waals surface area contributed by atoms with Crippen LogP contribution in [0.1, 0.15) is 38.5 Å². The second-order valence-electron chi connectivity index (χ2n) is 3.20. The highest BCUT2D eigenvalue weighted by Gasteiger charge is 2.08. The fraction of sp³-hybridized carbons (Fsp3) is 0.778. The van der Waals surface area contributed by atoms with Crippen molar-refractivity contribution < 1.29 is 0 Å². The van der Waals surface area contributed by atoms with E-state index in [9.17, 15) is 4.91 Å². The van der Waals surface area contributed by atoms with Gasteiger partial charge in [-0.1, -0.05) is 31.8 Å². The number of hydrogen-bond acceptors (Lipinski definition) is 2. The average Bonchev–Trinajstić information content (AvgIpc) is 2.28. The molecule has 1 rings (SSSR count). The molecule has 2 heteroatoms. The van der Waals surface area contributed by atoms with Gasteiger partial charge in [0, 0.05) is 0 Å². The van der Waals surface area contributed by atoms with E-state index in [0.717, 1.165) is 0 Å². The van der Waals surface area contributed by atoms with Crippen molar-refractivity contribution >= 4 is 0 Å². The van der Waals surface area contributed by atoms with Crippen LogP contribution in [-0.4, -0.2) is 0 Å². The molecule has 1 fully saturated rings. The van der Waals surface area contributed by atoms with Gasteiger partial charge in [-0.2, -0.15) is 0 Å². The van der Waals surface area contributed by atoms with Crippen molar-refractivity contribution in [3.05, 3.63) is 17.2 Å². The van der Waals surface area contributed by atoms with Gasteiger partial charge in [0.1, 0.15) is 0 Å². The highest BCUT2D eigenvalue weighted by atomic mass is 16.2. The molecule has 1 aliphatic carbocycles. The maximum absolute atomic E-state index is 9.80. The minimum atomic E-state index is 0.621. The van der Waals surface area contributed by atoms with Crippen LogP contribution in [0.3, 0.4) is 0 Å². The maximum atomic E-state index is 9.80. The Hall–Kier alpha value is -0.660. The van der Waals surface area contributed by atoms with Gasteiger partial charge >= 0.3 is 0 Å². The third-order valence-electron chi connectivity index (χ3n) is 2.32. The largest absolute Gasteiger partial charge is 0.145 e. The van der Waals surface area contributed by atoms with Crippen molar-refractivity contribution in [1.29, 1.82) is 0 Å². The zero-order valence-electron chi connectivity index (χ0n) is 6.83. The summed E-state index contributed by atoms with van der Waals surface area (Å²) in [5, 5.41) is 2.73. The zero-order valence-corrected chi connectivity index (χ0v) is 6.83. The summed E-state index contributed by atoms with van der Waals surface area (Å²) in [5.74, 6) is 0.621. The van der Waals surface area contributed by atoms with E-state index in [0.29, 0.717) is 5.92 Å². The first kappa shape index (κ1) is 8.44. The standard InChI is InChI=1S/C9H15NO/c11-10-8-7-9-5-3-1-2-4-6-9/h7-9H,1-6H2/b8-7+. The van der Waals surface area contributed by atoms with E-state index in [4.69, 9.17) is 0 Å². The lowest BCUT2D eigenvalue weighted by Crippen LogP contribution is -1.92. The summed E-state index contributed by atoms with van der Waals surface area (Å²) in [6, 6.07) is 0. The summed E-state index contributed by atoms with van der Waals surface area (Å²) in [6.07, 6.45) is 11.2. The monoisotopic (exact) mass is 153 g/mol. The van der Waals surface area contributed by atoms with Gasteiger partial charge in [0.15, 0.2) is 0 Å². The number of allylic oxidation sites excluding steroid dienone is 1. The lowest BCUT2D eigenvalue weighted by molar-refractivity contribution is 0.558. The highest BCUT2D eigenvalue weighted by molar-refractivity contribution is 4.87. The normalized spacial score (nSPS) is 21.8. The average molecular weight is 153 g/mol. The zero-order chi connectivity index (χ0) is 7.94. The molecular weight excluding hydrogens is 138 g/mol. The van der Waals surface area contributed by atoms with E-state index in [1.807, 2.05) is 6.08 Å². The predicted molar refractivity (Wildman–Crippen MR) is 46.1 cm³/mol. The smallest absolute Gasteiger partial charge is 0.0677 e. The van der Waals surface area contributed by atoms with Crippen LogP contribution in [0.25, 0.3) is 0 Å².